The predicted molar refractivity (Wildman–Crippen MR) is 117 cm³/mol. The molecule has 0 radical (unpaired) electrons. The molecule has 0 bridgehead atoms. The standard InChI is InChI=1S/C23H27N3OS/c1-3-8-18-16-11-7-12-17(16)19-20(24)21(28-23(19)26-18)22(27)25-13-14(2)15-9-5-4-6-10-15/h4-6,9-10,14H,3,7-8,11-13,24H2,1-2H3,(H,25,27)/t14-/m0/s1. The molecule has 0 aliphatic heterocycles. The van der Waals surface area contributed by atoms with Gasteiger partial charge in [0, 0.05) is 17.6 Å². The zero-order chi connectivity index (χ0) is 19.7. The smallest absolute Gasteiger partial charge is 0.263 e. The Morgan fingerprint density at radius 3 is 2.75 bits per heavy atom. The van der Waals surface area contributed by atoms with Crippen molar-refractivity contribution in [2.75, 3.05) is 12.3 Å². The molecule has 1 aliphatic rings. The van der Waals surface area contributed by atoms with E-state index in [1.165, 1.54) is 33.7 Å². The number of amides is 1. The average Bonchev–Trinajstić information content (AvgIpc) is 3.31. The summed E-state index contributed by atoms with van der Waals surface area (Å²) in [5.41, 5.74) is 12.2. The largest absolute Gasteiger partial charge is 0.397 e. The molecule has 2 aromatic heterocycles. The van der Waals surface area contributed by atoms with Crippen molar-refractivity contribution in [2.24, 2.45) is 0 Å². The molecule has 2 heterocycles. The average molecular weight is 394 g/mol. The second-order valence-corrected chi connectivity index (χ2v) is 8.66. The fourth-order valence-electron chi connectivity index (χ4n) is 4.17. The molecule has 1 atom stereocenters. The number of nitrogens with zero attached hydrogens (tertiary/aromatic N) is 1. The van der Waals surface area contributed by atoms with Crippen LogP contribution in [0.5, 0.6) is 0 Å². The van der Waals surface area contributed by atoms with Crippen molar-refractivity contribution in [2.45, 2.75) is 51.9 Å². The van der Waals surface area contributed by atoms with E-state index in [1.807, 2.05) is 18.2 Å². The summed E-state index contributed by atoms with van der Waals surface area (Å²) in [4.78, 5) is 19.3. The maximum absolute atomic E-state index is 12.9. The van der Waals surface area contributed by atoms with Crippen LogP contribution in [0.25, 0.3) is 10.2 Å². The number of nitrogens with one attached hydrogen (secondary N) is 1. The van der Waals surface area contributed by atoms with Gasteiger partial charge in [-0.3, -0.25) is 4.79 Å². The second kappa shape index (κ2) is 7.92. The molecule has 1 amide bonds. The number of hydrogen-bond acceptors (Lipinski definition) is 4. The van der Waals surface area contributed by atoms with Crippen LogP contribution in [0.1, 0.15) is 64.7 Å². The molecule has 0 saturated heterocycles. The van der Waals surface area contributed by atoms with E-state index >= 15 is 0 Å². The van der Waals surface area contributed by atoms with Gasteiger partial charge in [-0.05, 0) is 48.3 Å². The molecule has 0 fully saturated rings. The Morgan fingerprint density at radius 1 is 1.25 bits per heavy atom. The van der Waals surface area contributed by atoms with E-state index in [0.717, 1.165) is 42.3 Å². The lowest BCUT2D eigenvalue weighted by Gasteiger charge is -2.12. The minimum atomic E-state index is -0.0907. The fourth-order valence-corrected chi connectivity index (χ4v) is 5.23. The van der Waals surface area contributed by atoms with Gasteiger partial charge in [-0.25, -0.2) is 4.98 Å². The molecular formula is C23H27N3OS. The van der Waals surface area contributed by atoms with Crippen LogP contribution in [-0.4, -0.2) is 17.4 Å². The van der Waals surface area contributed by atoms with Gasteiger partial charge < -0.3 is 11.1 Å². The number of rotatable bonds is 6. The first kappa shape index (κ1) is 18.9. The third kappa shape index (κ3) is 3.39. The lowest BCUT2D eigenvalue weighted by molar-refractivity contribution is 0.0956. The summed E-state index contributed by atoms with van der Waals surface area (Å²) in [6.45, 7) is 4.89. The second-order valence-electron chi connectivity index (χ2n) is 7.67. The summed E-state index contributed by atoms with van der Waals surface area (Å²) < 4.78 is 0. The number of pyridine rings is 1. The summed E-state index contributed by atoms with van der Waals surface area (Å²) in [7, 11) is 0. The fraction of sp³-hybridized carbons (Fsp3) is 0.391. The topological polar surface area (TPSA) is 68.0 Å². The predicted octanol–water partition coefficient (Wildman–Crippen LogP) is 4.85. The normalized spacial score (nSPS) is 14.2. The number of fused-ring (bicyclic) bond motifs is 3. The highest BCUT2D eigenvalue weighted by Crippen LogP contribution is 2.40. The van der Waals surface area contributed by atoms with Crippen molar-refractivity contribution in [1.29, 1.82) is 0 Å². The molecule has 146 valence electrons. The highest BCUT2D eigenvalue weighted by Gasteiger charge is 2.25. The van der Waals surface area contributed by atoms with E-state index in [1.54, 1.807) is 0 Å². The number of hydrogen-bond donors (Lipinski definition) is 2. The van der Waals surface area contributed by atoms with Gasteiger partial charge in [-0.1, -0.05) is 50.6 Å². The zero-order valence-corrected chi connectivity index (χ0v) is 17.4. The van der Waals surface area contributed by atoms with Crippen molar-refractivity contribution in [1.82, 2.24) is 10.3 Å². The number of nitrogens with two attached hydrogens (primary N) is 1. The van der Waals surface area contributed by atoms with Gasteiger partial charge in [0.1, 0.15) is 9.71 Å². The molecule has 1 aromatic carbocycles. The van der Waals surface area contributed by atoms with Crippen LogP contribution in [-0.2, 0) is 19.3 Å². The first-order chi connectivity index (χ1) is 13.6. The van der Waals surface area contributed by atoms with Crippen LogP contribution >= 0.6 is 11.3 Å². The van der Waals surface area contributed by atoms with Crippen molar-refractivity contribution >= 4 is 33.1 Å². The van der Waals surface area contributed by atoms with Crippen molar-refractivity contribution < 1.29 is 4.79 Å². The molecule has 3 aromatic rings. The Labute approximate surface area is 170 Å². The van der Waals surface area contributed by atoms with Crippen LogP contribution in [0.4, 0.5) is 5.69 Å². The number of aryl methyl sites for hydroxylation is 2. The third-order valence-electron chi connectivity index (χ3n) is 5.66. The van der Waals surface area contributed by atoms with Crippen LogP contribution in [0.15, 0.2) is 30.3 Å². The Bertz CT molecular complexity index is 1010. The third-order valence-corrected chi connectivity index (χ3v) is 6.76. The summed E-state index contributed by atoms with van der Waals surface area (Å²) in [6.07, 6.45) is 5.35. The van der Waals surface area contributed by atoms with Gasteiger partial charge in [0.2, 0.25) is 0 Å². The number of aromatic nitrogens is 1. The molecule has 4 rings (SSSR count). The molecule has 1 aliphatic carbocycles. The number of thiophene rings is 1. The van der Waals surface area contributed by atoms with E-state index in [9.17, 15) is 4.79 Å². The lowest BCUT2D eigenvalue weighted by Crippen LogP contribution is -2.27. The number of carbonyl (C=O) groups excluding carboxylic acids is 1. The van der Waals surface area contributed by atoms with E-state index in [-0.39, 0.29) is 11.8 Å². The molecule has 5 heteroatoms. The van der Waals surface area contributed by atoms with Crippen LogP contribution < -0.4 is 11.1 Å². The summed E-state index contributed by atoms with van der Waals surface area (Å²) in [5.74, 6) is 0.159. The lowest BCUT2D eigenvalue weighted by atomic mass is 10.0. The zero-order valence-electron chi connectivity index (χ0n) is 16.5. The Kier molecular flexibility index (Phi) is 5.36. The summed E-state index contributed by atoms with van der Waals surface area (Å²) in [5, 5.41) is 4.10. The van der Waals surface area contributed by atoms with Gasteiger partial charge in [0.15, 0.2) is 0 Å². The van der Waals surface area contributed by atoms with E-state index in [2.05, 4.69) is 31.3 Å². The molecule has 3 N–H and O–H groups in total. The monoisotopic (exact) mass is 393 g/mol. The Hall–Kier alpha value is -2.40. The van der Waals surface area contributed by atoms with Gasteiger partial charge in [-0.2, -0.15) is 0 Å². The van der Waals surface area contributed by atoms with Crippen molar-refractivity contribution in [3.05, 3.63) is 57.6 Å². The van der Waals surface area contributed by atoms with Crippen molar-refractivity contribution in [3.8, 4) is 0 Å². The maximum Gasteiger partial charge on any atom is 0.263 e. The van der Waals surface area contributed by atoms with Gasteiger partial charge in [0.05, 0.1) is 5.69 Å². The quantitative estimate of drug-likeness (QED) is 0.629. The van der Waals surface area contributed by atoms with E-state index in [0.29, 0.717) is 17.1 Å². The minimum absolute atomic E-state index is 0.0907. The highest BCUT2D eigenvalue weighted by molar-refractivity contribution is 7.21. The molecular weight excluding hydrogens is 366 g/mol. The number of anilines is 1. The van der Waals surface area contributed by atoms with Gasteiger partial charge >= 0.3 is 0 Å². The Balaban J connectivity index is 1.60. The van der Waals surface area contributed by atoms with Crippen LogP contribution in [0, 0.1) is 0 Å². The summed E-state index contributed by atoms with van der Waals surface area (Å²) >= 11 is 1.44. The first-order valence-electron chi connectivity index (χ1n) is 10.2. The molecule has 0 saturated carbocycles. The summed E-state index contributed by atoms with van der Waals surface area (Å²) in [6, 6.07) is 10.2. The molecule has 0 spiro atoms. The number of nitrogen functional groups attached to an aromatic ring is 1. The SMILES string of the molecule is CCCc1nc2sc(C(=O)NC[C@H](C)c3ccccc3)c(N)c2c2c1CCC2. The van der Waals surface area contributed by atoms with Crippen LogP contribution in [0.2, 0.25) is 0 Å². The van der Waals surface area contributed by atoms with Gasteiger partial charge in [0.25, 0.3) is 5.91 Å². The van der Waals surface area contributed by atoms with Crippen LogP contribution in [0.3, 0.4) is 0 Å². The maximum atomic E-state index is 12.9. The molecule has 28 heavy (non-hydrogen) atoms. The van der Waals surface area contributed by atoms with Crippen molar-refractivity contribution in [3.63, 3.8) is 0 Å². The number of benzene rings is 1. The Morgan fingerprint density at radius 2 is 2.00 bits per heavy atom. The van der Waals surface area contributed by atoms with E-state index < -0.39 is 0 Å². The first-order valence-corrected chi connectivity index (χ1v) is 11.0. The molecule has 0 unspecified atom stereocenters. The van der Waals surface area contributed by atoms with E-state index in [4.69, 9.17) is 10.7 Å². The van der Waals surface area contributed by atoms with Gasteiger partial charge in [-0.15, -0.1) is 11.3 Å². The number of carbonyl (C=O) groups is 1. The highest BCUT2D eigenvalue weighted by atomic mass is 32.1. The molecule has 4 nitrogen and oxygen atoms in total. The minimum Gasteiger partial charge on any atom is -0.397 e.